The summed E-state index contributed by atoms with van der Waals surface area (Å²) in [5.74, 6) is -0.138. The predicted octanol–water partition coefficient (Wildman–Crippen LogP) is 1.31. The molecular formula is C18H23FN8O. The summed E-state index contributed by atoms with van der Waals surface area (Å²) >= 11 is 0. The molecule has 4 rings (SSSR count). The number of aromatic nitrogens is 3. The van der Waals surface area contributed by atoms with E-state index < -0.39 is 12.1 Å². The summed E-state index contributed by atoms with van der Waals surface area (Å²) in [6.07, 6.45) is 3.25. The molecule has 9 nitrogen and oxygen atoms in total. The fraction of sp³-hybridized carbons (Fsp3) is 0.444. The van der Waals surface area contributed by atoms with Crippen molar-refractivity contribution < 1.29 is 9.18 Å². The summed E-state index contributed by atoms with van der Waals surface area (Å²) in [7, 11) is 0. The average molecular weight is 386 g/mol. The molecule has 0 spiro atoms. The summed E-state index contributed by atoms with van der Waals surface area (Å²) < 4.78 is 14.8. The van der Waals surface area contributed by atoms with Gasteiger partial charge in [0.25, 0.3) is 5.91 Å². The third kappa shape index (κ3) is 3.42. The maximum absolute atomic E-state index is 13.5. The number of halogens is 1. The van der Waals surface area contributed by atoms with Crippen LogP contribution in [0.25, 0.3) is 0 Å². The van der Waals surface area contributed by atoms with Crippen molar-refractivity contribution in [3.8, 4) is 0 Å². The number of nitrogens with one attached hydrogen (secondary N) is 1. The molecular weight excluding hydrogens is 363 g/mol. The number of fused-ring (bicyclic) bond motifs is 1. The molecule has 28 heavy (non-hydrogen) atoms. The maximum atomic E-state index is 13.5. The number of piperazine rings is 1. The molecule has 1 amide bonds. The van der Waals surface area contributed by atoms with Crippen LogP contribution < -0.4 is 16.0 Å². The lowest BCUT2D eigenvalue weighted by Crippen LogP contribution is -2.46. The van der Waals surface area contributed by atoms with Crippen LogP contribution in [0.1, 0.15) is 17.3 Å². The molecule has 1 saturated heterocycles. The van der Waals surface area contributed by atoms with Crippen LogP contribution in [0.15, 0.2) is 23.5 Å². The van der Waals surface area contributed by atoms with Gasteiger partial charge in [-0.15, -0.1) is 0 Å². The number of likely N-dealkylation sites (N-methyl/N-ethyl adjacent to an activating group) is 1. The molecule has 4 heterocycles. The number of hydrogen-bond acceptors (Lipinski definition) is 7. The molecule has 2 aromatic heterocycles. The largest absolute Gasteiger partial charge is 0.381 e. The first-order valence-corrected chi connectivity index (χ1v) is 9.34. The highest BCUT2D eigenvalue weighted by molar-refractivity contribution is 6.11. The molecule has 1 fully saturated rings. The Labute approximate surface area is 162 Å². The van der Waals surface area contributed by atoms with E-state index in [2.05, 4.69) is 37.1 Å². The summed E-state index contributed by atoms with van der Waals surface area (Å²) in [4.78, 5) is 25.7. The van der Waals surface area contributed by atoms with Crippen molar-refractivity contribution >= 4 is 35.1 Å². The summed E-state index contributed by atoms with van der Waals surface area (Å²) in [6.45, 7) is 6.85. The molecule has 0 aromatic carbocycles. The Hall–Kier alpha value is -3.01. The topological polar surface area (TPSA) is 105 Å². The first-order valence-electron chi connectivity index (χ1n) is 9.34. The van der Waals surface area contributed by atoms with Gasteiger partial charge < -0.3 is 20.9 Å². The van der Waals surface area contributed by atoms with Crippen LogP contribution in [-0.2, 0) is 6.54 Å². The van der Waals surface area contributed by atoms with E-state index in [4.69, 9.17) is 5.73 Å². The van der Waals surface area contributed by atoms with E-state index in [1.807, 2.05) is 6.07 Å². The Bertz CT molecular complexity index is 903. The fourth-order valence-electron chi connectivity index (χ4n) is 3.56. The van der Waals surface area contributed by atoms with Gasteiger partial charge in [0, 0.05) is 38.6 Å². The minimum atomic E-state index is -1.24. The Kier molecular flexibility index (Phi) is 4.95. The predicted molar refractivity (Wildman–Crippen MR) is 106 cm³/mol. The van der Waals surface area contributed by atoms with Gasteiger partial charge in [-0.1, -0.05) is 6.92 Å². The monoisotopic (exact) mass is 386 g/mol. The van der Waals surface area contributed by atoms with Gasteiger partial charge in [-0.3, -0.25) is 9.78 Å². The Balaban J connectivity index is 1.57. The Morgan fingerprint density at radius 1 is 1.36 bits per heavy atom. The van der Waals surface area contributed by atoms with E-state index in [9.17, 15) is 9.18 Å². The van der Waals surface area contributed by atoms with Gasteiger partial charge >= 0.3 is 0 Å². The summed E-state index contributed by atoms with van der Waals surface area (Å²) in [5.41, 5.74) is 7.56. The lowest BCUT2D eigenvalue weighted by molar-refractivity contribution is 0.102. The molecule has 0 bridgehead atoms. The average Bonchev–Trinajstić information content (AvgIpc) is 3.03. The lowest BCUT2D eigenvalue weighted by atomic mass is 10.2. The van der Waals surface area contributed by atoms with Crippen LogP contribution in [-0.4, -0.2) is 70.7 Å². The van der Waals surface area contributed by atoms with Crippen molar-refractivity contribution in [1.82, 2.24) is 19.7 Å². The van der Waals surface area contributed by atoms with Crippen LogP contribution in [0.2, 0.25) is 0 Å². The van der Waals surface area contributed by atoms with Crippen LogP contribution in [0.3, 0.4) is 0 Å². The number of anilines is 3. The molecule has 2 aliphatic heterocycles. The molecule has 10 heteroatoms. The Morgan fingerprint density at radius 3 is 2.89 bits per heavy atom. The molecule has 148 valence electrons. The molecule has 2 aliphatic rings. The second kappa shape index (κ2) is 7.55. The molecule has 1 unspecified atom stereocenters. The number of carbonyl (C=O) groups is 1. The van der Waals surface area contributed by atoms with Crippen LogP contribution in [0.4, 0.5) is 27.4 Å². The molecule has 0 saturated carbocycles. The number of carbonyl (C=O) groups excluding carboxylic acids is 1. The zero-order valence-electron chi connectivity index (χ0n) is 15.7. The van der Waals surface area contributed by atoms with Crippen molar-refractivity contribution in [1.29, 1.82) is 0 Å². The van der Waals surface area contributed by atoms with Gasteiger partial charge in [0.2, 0.25) is 0 Å². The quantitative estimate of drug-likeness (QED) is 0.821. The molecule has 0 aliphatic carbocycles. The first-order chi connectivity index (χ1) is 13.6. The van der Waals surface area contributed by atoms with E-state index in [0.29, 0.717) is 5.69 Å². The van der Waals surface area contributed by atoms with Crippen molar-refractivity contribution in [2.45, 2.75) is 19.6 Å². The smallest absolute Gasteiger partial charge is 0.263 e. The zero-order chi connectivity index (χ0) is 19.7. The van der Waals surface area contributed by atoms with Crippen molar-refractivity contribution in [3.05, 3.63) is 24.0 Å². The number of nitrogens with two attached hydrogens (primary N) is 1. The minimum absolute atomic E-state index is 0.00381. The number of nitrogens with zero attached hydrogens (tertiary/aromatic N) is 6. The first kappa shape index (κ1) is 18.4. The van der Waals surface area contributed by atoms with Crippen LogP contribution in [0.5, 0.6) is 0 Å². The number of amides is 1. The number of pyridine rings is 1. The van der Waals surface area contributed by atoms with Gasteiger partial charge in [-0.05, 0) is 12.6 Å². The number of alkyl halides is 1. The Morgan fingerprint density at radius 2 is 2.14 bits per heavy atom. The number of hydrogen-bond donors (Lipinski definition) is 2. The van der Waals surface area contributed by atoms with Gasteiger partial charge in [0.05, 0.1) is 24.1 Å². The SMILES string of the molecule is CCN1CCN(c2ccncc2NC(=O)c2c(N)nn3c2N=CC(F)C3)CC1. The number of nitrogen functional groups attached to an aromatic ring is 1. The number of aliphatic imine (C=N–C) groups is 1. The highest BCUT2D eigenvalue weighted by Gasteiger charge is 2.27. The second-order valence-electron chi connectivity index (χ2n) is 6.83. The van der Waals surface area contributed by atoms with Crippen LogP contribution in [0, 0.1) is 0 Å². The fourth-order valence-corrected chi connectivity index (χ4v) is 3.56. The van der Waals surface area contributed by atoms with Gasteiger partial charge in [-0.2, -0.15) is 5.10 Å². The van der Waals surface area contributed by atoms with Gasteiger partial charge in [-0.25, -0.2) is 14.1 Å². The van der Waals surface area contributed by atoms with E-state index >= 15 is 0 Å². The van der Waals surface area contributed by atoms with E-state index in [-0.39, 0.29) is 23.7 Å². The zero-order valence-corrected chi connectivity index (χ0v) is 15.7. The third-order valence-corrected chi connectivity index (χ3v) is 5.09. The maximum Gasteiger partial charge on any atom is 0.263 e. The van der Waals surface area contributed by atoms with Gasteiger partial charge in [0.1, 0.15) is 5.56 Å². The lowest BCUT2D eigenvalue weighted by Gasteiger charge is -2.36. The molecule has 3 N–H and O–H groups in total. The highest BCUT2D eigenvalue weighted by Crippen LogP contribution is 2.31. The normalized spacial score (nSPS) is 19.5. The van der Waals surface area contributed by atoms with E-state index in [1.54, 1.807) is 12.4 Å². The van der Waals surface area contributed by atoms with Gasteiger partial charge in [0.15, 0.2) is 17.8 Å². The minimum Gasteiger partial charge on any atom is -0.381 e. The third-order valence-electron chi connectivity index (χ3n) is 5.09. The van der Waals surface area contributed by atoms with Crippen molar-refractivity contribution in [3.63, 3.8) is 0 Å². The molecule has 1 atom stereocenters. The van der Waals surface area contributed by atoms with Crippen molar-refractivity contribution in [2.24, 2.45) is 4.99 Å². The summed E-state index contributed by atoms with van der Waals surface area (Å²) in [6, 6.07) is 1.89. The van der Waals surface area contributed by atoms with Crippen molar-refractivity contribution in [2.75, 3.05) is 48.7 Å². The standard InChI is InChI=1S/C18H23FN8O/c1-2-25-5-7-26(8-6-25)14-3-4-21-10-13(14)23-18(28)15-16(20)24-27-11-12(19)9-22-17(15)27/h3-4,9-10,12H,2,5-8,11H2,1H3,(H2,20,24)(H,23,28). The number of rotatable bonds is 4. The van der Waals surface area contributed by atoms with E-state index in [0.717, 1.165) is 44.6 Å². The van der Waals surface area contributed by atoms with Crippen LogP contribution >= 0.6 is 0 Å². The second-order valence-corrected chi connectivity index (χ2v) is 6.83. The highest BCUT2D eigenvalue weighted by atomic mass is 19.1. The molecule has 2 aromatic rings. The van der Waals surface area contributed by atoms with E-state index in [1.165, 1.54) is 4.68 Å². The molecule has 0 radical (unpaired) electrons. The summed E-state index contributed by atoms with van der Waals surface area (Å²) in [5, 5.41) is 6.92.